The molecule has 2 aliphatic heterocycles. The molecule has 43 heavy (non-hydrogen) atoms. The zero-order chi connectivity index (χ0) is 30.2. The van der Waals surface area contributed by atoms with Gasteiger partial charge in [-0.1, -0.05) is 31.9 Å². The van der Waals surface area contributed by atoms with E-state index in [1.165, 1.54) is 47.0 Å². The van der Waals surface area contributed by atoms with Crippen LogP contribution in [0.15, 0.2) is 48.7 Å². The van der Waals surface area contributed by atoms with E-state index in [0.29, 0.717) is 37.2 Å². The van der Waals surface area contributed by atoms with Crippen LogP contribution in [0.1, 0.15) is 92.6 Å². The molecule has 1 saturated heterocycles. The molecular weight excluding hydrogens is 536 g/mol. The lowest BCUT2D eigenvalue weighted by Crippen LogP contribution is -2.55. The molecule has 2 aromatic carbocycles. The fourth-order valence-electron chi connectivity index (χ4n) is 8.86. The first-order valence-corrected chi connectivity index (χ1v) is 16.0. The van der Waals surface area contributed by atoms with Gasteiger partial charge < -0.3 is 24.8 Å². The Kier molecular flexibility index (Phi) is 6.64. The lowest BCUT2D eigenvalue weighted by atomic mass is 9.81. The number of carbonyl (C=O) groups excluding carboxylic acids is 2. The van der Waals surface area contributed by atoms with E-state index in [1.54, 1.807) is 7.11 Å². The summed E-state index contributed by atoms with van der Waals surface area (Å²) in [5.74, 6) is 1.14. The van der Waals surface area contributed by atoms with Crippen molar-refractivity contribution >= 4 is 22.7 Å². The third kappa shape index (κ3) is 4.29. The quantitative estimate of drug-likeness (QED) is 0.378. The molecule has 7 rings (SSSR count). The Bertz CT molecular complexity index is 1650. The summed E-state index contributed by atoms with van der Waals surface area (Å²) in [6.07, 6.45) is 6.83. The Labute approximate surface area is 254 Å². The van der Waals surface area contributed by atoms with Crippen LogP contribution in [0.5, 0.6) is 5.75 Å². The molecule has 0 bridgehead atoms. The van der Waals surface area contributed by atoms with Gasteiger partial charge in [-0.3, -0.25) is 9.59 Å². The first-order chi connectivity index (χ1) is 20.6. The molecule has 3 unspecified atom stereocenters. The lowest BCUT2D eigenvalue weighted by Gasteiger charge is -2.46. The number of amides is 2. The maximum absolute atomic E-state index is 14.8. The molecule has 2 N–H and O–H groups in total. The molecule has 4 aliphatic rings. The lowest BCUT2D eigenvalue weighted by molar-refractivity contribution is -0.139. The third-order valence-electron chi connectivity index (χ3n) is 10.8. The maximum Gasteiger partial charge on any atom is 0.248 e. The van der Waals surface area contributed by atoms with Crippen molar-refractivity contribution < 1.29 is 14.3 Å². The molecule has 0 radical (unpaired) electrons. The number of methoxy groups -OCH3 is 1. The average Bonchev–Trinajstić information content (AvgIpc) is 3.66. The van der Waals surface area contributed by atoms with Gasteiger partial charge in [0.1, 0.15) is 5.75 Å². The van der Waals surface area contributed by atoms with E-state index in [9.17, 15) is 9.59 Å². The van der Waals surface area contributed by atoms with Gasteiger partial charge in [0, 0.05) is 58.8 Å². The predicted octanol–water partition coefficient (Wildman–Crippen LogP) is 6.41. The summed E-state index contributed by atoms with van der Waals surface area (Å²) in [5, 5.41) is 1.18. The Morgan fingerprint density at radius 1 is 1.09 bits per heavy atom. The van der Waals surface area contributed by atoms with Crippen LogP contribution in [0, 0.1) is 5.41 Å². The summed E-state index contributed by atoms with van der Waals surface area (Å²) >= 11 is 0. The summed E-state index contributed by atoms with van der Waals surface area (Å²) in [4.78, 5) is 31.5. The number of hydrogen-bond donors (Lipinski definition) is 1. The highest BCUT2D eigenvalue weighted by molar-refractivity contribution is 6.01. The number of aromatic nitrogens is 1. The van der Waals surface area contributed by atoms with Crippen LogP contribution in [0.2, 0.25) is 0 Å². The molecule has 3 fully saturated rings. The van der Waals surface area contributed by atoms with Gasteiger partial charge in [0.25, 0.3) is 0 Å². The molecule has 1 aromatic heterocycles. The van der Waals surface area contributed by atoms with Gasteiger partial charge in [-0.15, -0.1) is 0 Å². The van der Waals surface area contributed by atoms with Crippen molar-refractivity contribution in [3.63, 3.8) is 0 Å². The Hall–Kier alpha value is -3.74. The number of carbonyl (C=O) groups is 2. The van der Waals surface area contributed by atoms with E-state index in [4.69, 9.17) is 10.5 Å². The highest BCUT2D eigenvalue weighted by Gasteiger charge is 2.64. The average molecular weight is 581 g/mol. The van der Waals surface area contributed by atoms with E-state index in [-0.39, 0.29) is 17.9 Å². The van der Waals surface area contributed by atoms with Crippen LogP contribution in [0.3, 0.4) is 0 Å². The molecule has 7 nitrogen and oxygen atoms in total. The second kappa shape index (κ2) is 10.2. The predicted molar refractivity (Wildman–Crippen MR) is 170 cm³/mol. The Morgan fingerprint density at radius 2 is 1.86 bits per heavy atom. The third-order valence-corrected chi connectivity index (χ3v) is 10.8. The summed E-state index contributed by atoms with van der Waals surface area (Å²) in [7, 11) is 1.71. The zero-order valence-electron chi connectivity index (χ0n) is 26.0. The van der Waals surface area contributed by atoms with E-state index < -0.39 is 11.3 Å². The molecule has 2 saturated carbocycles. The first kappa shape index (κ1) is 28.1. The fraction of sp³-hybridized carbons (Fsp3) is 0.500. The zero-order valence-corrected chi connectivity index (χ0v) is 26.0. The smallest absolute Gasteiger partial charge is 0.248 e. The number of primary amides is 1. The van der Waals surface area contributed by atoms with Crippen LogP contribution in [-0.2, 0) is 11.3 Å². The molecule has 3 aromatic rings. The number of ether oxygens (including phenoxy) is 1. The number of benzene rings is 2. The van der Waals surface area contributed by atoms with Gasteiger partial charge in [0.2, 0.25) is 11.8 Å². The molecule has 3 heterocycles. The highest BCUT2D eigenvalue weighted by atomic mass is 16.5. The van der Waals surface area contributed by atoms with Gasteiger partial charge in [-0.2, -0.15) is 0 Å². The topological polar surface area (TPSA) is 80.8 Å². The fourth-order valence-corrected chi connectivity index (χ4v) is 8.86. The summed E-state index contributed by atoms with van der Waals surface area (Å²) < 4.78 is 8.10. The van der Waals surface area contributed by atoms with Crippen molar-refractivity contribution in [3.8, 4) is 17.0 Å². The number of nitrogens with zero attached hydrogens (tertiary/aromatic N) is 3. The molecular formula is C36H44N4O3. The second-order valence-corrected chi connectivity index (χ2v) is 13.7. The van der Waals surface area contributed by atoms with Gasteiger partial charge in [0.15, 0.2) is 0 Å². The molecule has 226 valence electrons. The van der Waals surface area contributed by atoms with Gasteiger partial charge in [-0.25, -0.2) is 0 Å². The summed E-state index contributed by atoms with van der Waals surface area (Å²) in [6, 6.07) is 12.9. The van der Waals surface area contributed by atoms with Crippen molar-refractivity contribution in [2.24, 2.45) is 11.1 Å². The number of nitrogens with two attached hydrogens (primary N) is 1. The van der Waals surface area contributed by atoms with E-state index in [0.717, 1.165) is 36.2 Å². The van der Waals surface area contributed by atoms with Crippen molar-refractivity contribution in [1.82, 2.24) is 14.4 Å². The monoisotopic (exact) mass is 580 g/mol. The van der Waals surface area contributed by atoms with Crippen LogP contribution in [-0.4, -0.2) is 58.5 Å². The van der Waals surface area contributed by atoms with E-state index in [2.05, 4.69) is 59.9 Å². The first-order valence-electron chi connectivity index (χ1n) is 16.0. The number of hydrogen-bond acceptors (Lipinski definition) is 4. The van der Waals surface area contributed by atoms with Gasteiger partial charge in [0.05, 0.1) is 24.8 Å². The standard InChI is InChI=1S/C36H44N4O3/c1-21(2)40-22(3)18-38(19-23(40)4)35(42)36-17-30(36)29-16-26(43-5)12-14-27(29)33-32(24-9-7-6-8-10-24)28-13-11-25(34(37)41)15-31(28)39(33)20-36/h11-16,21,23-24,30H,3,6-10,17-20H2,1-2,4-5H3,(H2,37,41). The SMILES string of the molecule is C=C1CN(C(=O)C23CC2c2cc(OC)ccc2-c2c(C4CCCCC4)c4ccc(C(N)=O)cc4n2C3)CC(C)N1C(C)C. The van der Waals surface area contributed by atoms with Crippen LogP contribution < -0.4 is 10.5 Å². The molecule has 2 amide bonds. The number of fused-ring (bicyclic) bond motifs is 7. The minimum absolute atomic E-state index is 0.102. The van der Waals surface area contributed by atoms with Crippen molar-refractivity contribution in [1.29, 1.82) is 0 Å². The van der Waals surface area contributed by atoms with Crippen LogP contribution >= 0.6 is 0 Å². The maximum atomic E-state index is 14.8. The van der Waals surface area contributed by atoms with Gasteiger partial charge >= 0.3 is 0 Å². The van der Waals surface area contributed by atoms with Crippen molar-refractivity contribution in [2.45, 2.75) is 89.8 Å². The minimum atomic E-state index is -0.565. The Balaban J connectivity index is 1.42. The van der Waals surface area contributed by atoms with Crippen LogP contribution in [0.4, 0.5) is 0 Å². The van der Waals surface area contributed by atoms with Crippen molar-refractivity contribution in [2.75, 3.05) is 20.2 Å². The van der Waals surface area contributed by atoms with Gasteiger partial charge in [-0.05, 0) is 87.4 Å². The second-order valence-electron chi connectivity index (χ2n) is 13.7. The molecule has 3 atom stereocenters. The summed E-state index contributed by atoms with van der Waals surface area (Å²) in [5.41, 5.74) is 12.7. The Morgan fingerprint density at radius 3 is 2.53 bits per heavy atom. The van der Waals surface area contributed by atoms with E-state index >= 15 is 0 Å². The number of piperazine rings is 1. The summed E-state index contributed by atoms with van der Waals surface area (Å²) in [6.45, 7) is 12.8. The normalized spacial score (nSPS) is 25.3. The molecule has 7 heteroatoms. The largest absolute Gasteiger partial charge is 0.497 e. The number of rotatable bonds is 5. The van der Waals surface area contributed by atoms with Crippen molar-refractivity contribution in [3.05, 3.63) is 65.4 Å². The minimum Gasteiger partial charge on any atom is -0.497 e. The molecule has 2 aliphatic carbocycles. The van der Waals surface area contributed by atoms with E-state index in [1.807, 2.05) is 18.2 Å². The highest BCUT2D eigenvalue weighted by Crippen LogP contribution is 2.66. The molecule has 0 spiro atoms. The van der Waals surface area contributed by atoms with Crippen LogP contribution in [0.25, 0.3) is 22.2 Å².